The lowest BCUT2D eigenvalue weighted by molar-refractivity contribution is -0.137. The average Bonchev–Trinajstić information content (AvgIpc) is 2.76. The Balaban J connectivity index is 2.18. The minimum Gasteiger partial charge on any atom is -0.396 e. The first kappa shape index (κ1) is 12.4. The van der Waals surface area contributed by atoms with E-state index in [4.69, 9.17) is 5.11 Å². The monoisotopic (exact) mass is 245 g/mol. The summed E-state index contributed by atoms with van der Waals surface area (Å²) in [5, 5.41) is 12.3. The standard InChI is InChI=1S/C12H14F3NO/c13-12(14,15)10-3-1-8(2-4-10)11-6-16-5-9(11)7-17/h1-4,9,11,16-17H,5-7H2/t9-,11-/m1/s1. The predicted octanol–water partition coefficient (Wildman–Crippen LogP) is 2.00. The van der Waals surface area contributed by atoms with Crippen LogP contribution in [0.15, 0.2) is 24.3 Å². The topological polar surface area (TPSA) is 32.3 Å². The highest BCUT2D eigenvalue weighted by atomic mass is 19.4. The normalized spacial score (nSPS) is 25.2. The van der Waals surface area contributed by atoms with E-state index in [0.29, 0.717) is 13.1 Å². The van der Waals surface area contributed by atoms with Gasteiger partial charge in [-0.3, -0.25) is 0 Å². The molecule has 1 saturated heterocycles. The average molecular weight is 245 g/mol. The van der Waals surface area contributed by atoms with E-state index in [1.165, 1.54) is 12.1 Å². The van der Waals surface area contributed by atoms with Crippen molar-refractivity contribution in [1.29, 1.82) is 0 Å². The third-order valence-electron chi connectivity index (χ3n) is 3.24. The first-order chi connectivity index (χ1) is 8.02. The lowest BCUT2D eigenvalue weighted by Gasteiger charge is -2.17. The summed E-state index contributed by atoms with van der Waals surface area (Å²) in [5.41, 5.74) is 0.217. The molecule has 1 fully saturated rings. The van der Waals surface area contributed by atoms with Gasteiger partial charge in [0.25, 0.3) is 0 Å². The molecule has 0 spiro atoms. The fourth-order valence-electron chi connectivity index (χ4n) is 2.23. The molecule has 94 valence electrons. The Morgan fingerprint density at radius 1 is 1.18 bits per heavy atom. The van der Waals surface area contributed by atoms with E-state index in [0.717, 1.165) is 17.7 Å². The summed E-state index contributed by atoms with van der Waals surface area (Å²) in [6, 6.07) is 5.20. The third-order valence-corrected chi connectivity index (χ3v) is 3.24. The molecule has 0 aromatic heterocycles. The van der Waals surface area contributed by atoms with Crippen molar-refractivity contribution in [1.82, 2.24) is 5.32 Å². The van der Waals surface area contributed by atoms with E-state index in [9.17, 15) is 13.2 Å². The maximum Gasteiger partial charge on any atom is 0.416 e. The van der Waals surface area contributed by atoms with Crippen LogP contribution in [0.4, 0.5) is 13.2 Å². The Bertz CT molecular complexity index is 374. The van der Waals surface area contributed by atoms with Crippen LogP contribution in [0, 0.1) is 5.92 Å². The largest absolute Gasteiger partial charge is 0.416 e. The molecule has 1 aliphatic heterocycles. The maximum atomic E-state index is 12.4. The molecule has 0 unspecified atom stereocenters. The SMILES string of the molecule is OC[C@H]1CNC[C@@H]1c1ccc(C(F)(F)F)cc1. The lowest BCUT2D eigenvalue weighted by atomic mass is 9.89. The summed E-state index contributed by atoms with van der Waals surface area (Å²) in [4.78, 5) is 0. The van der Waals surface area contributed by atoms with Crippen molar-refractivity contribution >= 4 is 0 Å². The van der Waals surface area contributed by atoms with Gasteiger partial charge in [-0.15, -0.1) is 0 Å². The maximum absolute atomic E-state index is 12.4. The zero-order valence-corrected chi connectivity index (χ0v) is 9.17. The zero-order chi connectivity index (χ0) is 12.5. The van der Waals surface area contributed by atoms with Crippen molar-refractivity contribution in [3.63, 3.8) is 0 Å². The fraction of sp³-hybridized carbons (Fsp3) is 0.500. The van der Waals surface area contributed by atoms with Crippen molar-refractivity contribution in [3.8, 4) is 0 Å². The van der Waals surface area contributed by atoms with Gasteiger partial charge >= 0.3 is 6.18 Å². The van der Waals surface area contributed by atoms with Gasteiger partial charge in [-0.2, -0.15) is 13.2 Å². The number of aliphatic hydroxyl groups is 1. The molecule has 0 amide bonds. The third kappa shape index (κ3) is 2.61. The molecule has 0 radical (unpaired) electrons. The number of benzene rings is 1. The van der Waals surface area contributed by atoms with Gasteiger partial charge < -0.3 is 10.4 Å². The highest BCUT2D eigenvalue weighted by Crippen LogP contribution is 2.32. The van der Waals surface area contributed by atoms with Crippen LogP contribution < -0.4 is 5.32 Å². The van der Waals surface area contributed by atoms with Gasteiger partial charge in [-0.1, -0.05) is 12.1 Å². The summed E-state index contributed by atoms with van der Waals surface area (Å²) < 4.78 is 37.2. The van der Waals surface area contributed by atoms with Gasteiger partial charge in [0.2, 0.25) is 0 Å². The number of alkyl halides is 3. The summed E-state index contributed by atoms with van der Waals surface area (Å²) in [5.74, 6) is 0.189. The molecular weight excluding hydrogens is 231 g/mol. The lowest BCUT2D eigenvalue weighted by Crippen LogP contribution is -2.15. The van der Waals surface area contributed by atoms with E-state index in [1.807, 2.05) is 0 Å². The molecule has 2 N–H and O–H groups in total. The highest BCUT2D eigenvalue weighted by molar-refractivity contribution is 5.28. The molecule has 1 aromatic carbocycles. The van der Waals surface area contributed by atoms with Gasteiger partial charge in [-0.25, -0.2) is 0 Å². The minimum absolute atomic E-state index is 0.0543. The van der Waals surface area contributed by atoms with E-state index >= 15 is 0 Å². The van der Waals surface area contributed by atoms with Crippen molar-refractivity contribution in [2.75, 3.05) is 19.7 Å². The number of nitrogens with one attached hydrogen (secondary N) is 1. The smallest absolute Gasteiger partial charge is 0.396 e. The Kier molecular flexibility index (Phi) is 3.40. The number of rotatable bonds is 2. The van der Waals surface area contributed by atoms with Crippen LogP contribution >= 0.6 is 0 Å². The molecule has 17 heavy (non-hydrogen) atoms. The summed E-state index contributed by atoms with van der Waals surface area (Å²) in [7, 11) is 0. The number of halogens is 3. The second-order valence-corrected chi connectivity index (χ2v) is 4.33. The molecule has 0 saturated carbocycles. The van der Waals surface area contributed by atoms with Crippen LogP contribution in [0.2, 0.25) is 0 Å². The van der Waals surface area contributed by atoms with E-state index in [2.05, 4.69) is 5.32 Å². The number of aliphatic hydroxyl groups excluding tert-OH is 1. The Labute approximate surface area is 97.5 Å². The van der Waals surface area contributed by atoms with E-state index in [-0.39, 0.29) is 18.4 Å². The van der Waals surface area contributed by atoms with E-state index in [1.54, 1.807) is 0 Å². The molecule has 5 heteroatoms. The molecule has 2 nitrogen and oxygen atoms in total. The quantitative estimate of drug-likeness (QED) is 0.835. The zero-order valence-electron chi connectivity index (χ0n) is 9.17. The first-order valence-electron chi connectivity index (χ1n) is 5.51. The second kappa shape index (κ2) is 4.66. The molecule has 1 heterocycles. The van der Waals surface area contributed by atoms with Gasteiger partial charge in [0.15, 0.2) is 0 Å². The molecule has 2 rings (SSSR count). The van der Waals surface area contributed by atoms with Gasteiger partial charge in [0, 0.05) is 31.5 Å². The summed E-state index contributed by atoms with van der Waals surface area (Å²) in [6.07, 6.45) is -4.29. The van der Waals surface area contributed by atoms with Crippen LogP contribution in [0.25, 0.3) is 0 Å². The number of hydrogen-bond donors (Lipinski definition) is 2. The molecule has 2 atom stereocenters. The van der Waals surface area contributed by atoms with Crippen LogP contribution in [-0.4, -0.2) is 24.8 Å². The molecule has 0 bridgehead atoms. The van der Waals surface area contributed by atoms with Crippen molar-refractivity contribution in [2.45, 2.75) is 12.1 Å². The number of hydrogen-bond acceptors (Lipinski definition) is 2. The fourth-order valence-corrected chi connectivity index (χ4v) is 2.23. The van der Waals surface area contributed by atoms with Crippen LogP contribution in [0.3, 0.4) is 0 Å². The van der Waals surface area contributed by atoms with Gasteiger partial charge in [0.05, 0.1) is 5.56 Å². The molecule has 0 aliphatic carbocycles. The van der Waals surface area contributed by atoms with Crippen molar-refractivity contribution in [2.24, 2.45) is 5.92 Å². The Hall–Kier alpha value is -1.07. The molecule has 1 aromatic rings. The van der Waals surface area contributed by atoms with Crippen LogP contribution in [-0.2, 0) is 6.18 Å². The molecular formula is C12H14F3NO. The van der Waals surface area contributed by atoms with Gasteiger partial charge in [-0.05, 0) is 17.7 Å². The summed E-state index contributed by atoms with van der Waals surface area (Å²) in [6.45, 7) is 1.47. The Morgan fingerprint density at radius 2 is 1.82 bits per heavy atom. The van der Waals surface area contributed by atoms with Crippen LogP contribution in [0.1, 0.15) is 17.0 Å². The predicted molar refractivity (Wildman–Crippen MR) is 57.6 cm³/mol. The van der Waals surface area contributed by atoms with Crippen LogP contribution in [0.5, 0.6) is 0 Å². The van der Waals surface area contributed by atoms with Gasteiger partial charge in [0.1, 0.15) is 0 Å². The summed E-state index contributed by atoms with van der Waals surface area (Å²) >= 11 is 0. The second-order valence-electron chi connectivity index (χ2n) is 4.33. The van der Waals surface area contributed by atoms with Crippen molar-refractivity contribution in [3.05, 3.63) is 35.4 Å². The minimum atomic E-state index is -4.29. The van der Waals surface area contributed by atoms with E-state index < -0.39 is 11.7 Å². The molecule has 1 aliphatic rings. The first-order valence-corrected chi connectivity index (χ1v) is 5.51. The highest BCUT2D eigenvalue weighted by Gasteiger charge is 2.32. The van der Waals surface area contributed by atoms with Crippen molar-refractivity contribution < 1.29 is 18.3 Å². The Morgan fingerprint density at radius 3 is 2.35 bits per heavy atom.